The Hall–Kier alpha value is -1.50. The van der Waals surface area contributed by atoms with E-state index < -0.39 is 0 Å². The van der Waals surface area contributed by atoms with Crippen LogP contribution < -0.4 is 5.32 Å². The number of hydrogen-bond acceptors (Lipinski definition) is 1. The van der Waals surface area contributed by atoms with E-state index in [-0.39, 0.29) is 0 Å². The van der Waals surface area contributed by atoms with Crippen molar-refractivity contribution in [2.24, 2.45) is 17.8 Å². The van der Waals surface area contributed by atoms with Crippen LogP contribution in [-0.2, 0) is 0 Å². The number of nitrogens with one attached hydrogen (secondary N) is 1. The third-order valence-corrected chi connectivity index (χ3v) is 3.19. The van der Waals surface area contributed by atoms with Gasteiger partial charge >= 0.3 is 0 Å². The normalized spacial score (nSPS) is 32.7. The highest BCUT2D eigenvalue weighted by Gasteiger charge is 2.44. The van der Waals surface area contributed by atoms with Crippen molar-refractivity contribution in [1.82, 2.24) is 5.32 Å². The van der Waals surface area contributed by atoms with E-state index >= 15 is 0 Å². The molecule has 2 aliphatic rings. The Morgan fingerprint density at radius 1 is 1.40 bits per heavy atom. The molecule has 0 radical (unpaired) electrons. The van der Waals surface area contributed by atoms with E-state index in [2.05, 4.69) is 43.6 Å². The van der Waals surface area contributed by atoms with Crippen molar-refractivity contribution in [1.29, 1.82) is 0 Å². The molecular formula is C14H17N. The van der Waals surface area contributed by atoms with E-state index in [0.717, 1.165) is 23.5 Å². The minimum absolute atomic E-state index is 0.743. The van der Waals surface area contributed by atoms with Gasteiger partial charge in [0.2, 0.25) is 0 Å². The summed E-state index contributed by atoms with van der Waals surface area (Å²) in [6, 6.07) is 0. The monoisotopic (exact) mass is 199 g/mol. The van der Waals surface area contributed by atoms with Gasteiger partial charge in [-0.3, -0.25) is 0 Å². The fourth-order valence-corrected chi connectivity index (χ4v) is 2.11. The maximum Gasteiger partial charge on any atom is 0.0377 e. The summed E-state index contributed by atoms with van der Waals surface area (Å²) >= 11 is 0. The summed E-state index contributed by atoms with van der Waals surface area (Å²) in [5.74, 6) is 2.34. The summed E-state index contributed by atoms with van der Waals surface area (Å²) < 4.78 is 0. The predicted molar refractivity (Wildman–Crippen MR) is 65.0 cm³/mol. The molecular weight excluding hydrogens is 182 g/mol. The zero-order valence-electron chi connectivity index (χ0n) is 9.11. The molecule has 3 atom stereocenters. The second-order valence-electron chi connectivity index (χ2n) is 4.18. The van der Waals surface area contributed by atoms with Crippen molar-refractivity contribution >= 4 is 0 Å². The molecule has 2 rings (SSSR count). The second-order valence-corrected chi connectivity index (χ2v) is 4.18. The Morgan fingerprint density at radius 2 is 2.20 bits per heavy atom. The van der Waals surface area contributed by atoms with Crippen LogP contribution in [0.15, 0.2) is 61.0 Å². The summed E-state index contributed by atoms with van der Waals surface area (Å²) in [5, 5.41) is 3.33. The molecule has 0 saturated heterocycles. The van der Waals surface area contributed by atoms with Crippen molar-refractivity contribution in [3.05, 3.63) is 61.0 Å². The first-order valence-corrected chi connectivity index (χ1v) is 5.38. The molecule has 1 N–H and O–H groups in total. The van der Waals surface area contributed by atoms with Crippen LogP contribution in [-0.4, -0.2) is 0 Å². The van der Waals surface area contributed by atoms with Crippen LogP contribution in [0, 0.1) is 17.8 Å². The molecule has 2 aliphatic carbocycles. The highest BCUT2D eigenvalue weighted by Crippen LogP contribution is 2.50. The second kappa shape index (κ2) is 3.93. The first kappa shape index (κ1) is 10.0. The minimum Gasteiger partial charge on any atom is -0.356 e. The number of fused-ring (bicyclic) bond motifs is 1. The number of hydrogen-bond donors (Lipinski definition) is 1. The van der Waals surface area contributed by atoms with Gasteiger partial charge in [-0.25, -0.2) is 0 Å². The zero-order valence-corrected chi connectivity index (χ0v) is 9.11. The quantitative estimate of drug-likeness (QED) is 0.686. The van der Waals surface area contributed by atoms with Gasteiger partial charge in [0.05, 0.1) is 0 Å². The topological polar surface area (TPSA) is 12.0 Å². The standard InChI is InChI=1S/C14H17N/c1-4-6-11(5-2)15-12-7-8-13-10(3)14(13)9-12/h4-10,13-15H,1-2H2,3H3/b11-6+. The molecule has 15 heavy (non-hydrogen) atoms. The van der Waals surface area contributed by atoms with E-state index in [4.69, 9.17) is 0 Å². The van der Waals surface area contributed by atoms with Crippen LogP contribution in [0.3, 0.4) is 0 Å². The minimum atomic E-state index is 0.743. The molecule has 0 bridgehead atoms. The van der Waals surface area contributed by atoms with Crippen LogP contribution in [0.1, 0.15) is 6.92 Å². The highest BCUT2D eigenvalue weighted by molar-refractivity contribution is 5.35. The lowest BCUT2D eigenvalue weighted by Gasteiger charge is -2.10. The van der Waals surface area contributed by atoms with Crippen LogP contribution in [0.2, 0.25) is 0 Å². The van der Waals surface area contributed by atoms with Gasteiger partial charge < -0.3 is 5.32 Å². The predicted octanol–water partition coefficient (Wildman–Crippen LogP) is 3.17. The smallest absolute Gasteiger partial charge is 0.0377 e. The van der Waals surface area contributed by atoms with Crippen molar-refractivity contribution in [2.45, 2.75) is 6.92 Å². The van der Waals surface area contributed by atoms with Gasteiger partial charge in [-0.15, -0.1) is 0 Å². The number of allylic oxidation sites excluding steroid dienone is 6. The largest absolute Gasteiger partial charge is 0.356 e. The van der Waals surface area contributed by atoms with Gasteiger partial charge in [-0.2, -0.15) is 0 Å². The molecule has 0 spiro atoms. The molecule has 1 fully saturated rings. The van der Waals surface area contributed by atoms with Crippen molar-refractivity contribution < 1.29 is 0 Å². The molecule has 1 nitrogen and oxygen atoms in total. The summed E-state index contributed by atoms with van der Waals surface area (Å²) in [7, 11) is 0. The van der Waals surface area contributed by atoms with Gasteiger partial charge in [-0.05, 0) is 36.0 Å². The van der Waals surface area contributed by atoms with E-state index in [1.54, 1.807) is 12.2 Å². The molecule has 3 unspecified atom stereocenters. The highest BCUT2D eigenvalue weighted by atomic mass is 14.9. The summed E-state index contributed by atoms with van der Waals surface area (Å²) in [6.07, 6.45) is 12.3. The van der Waals surface area contributed by atoms with E-state index in [1.807, 2.05) is 6.08 Å². The molecule has 0 aromatic rings. The molecule has 0 aliphatic heterocycles. The van der Waals surface area contributed by atoms with Gasteiger partial charge in [-0.1, -0.05) is 38.3 Å². The molecule has 78 valence electrons. The molecule has 0 aromatic carbocycles. The maximum atomic E-state index is 3.76. The Kier molecular flexibility index (Phi) is 2.63. The summed E-state index contributed by atoms with van der Waals surface area (Å²) in [6.45, 7) is 9.73. The van der Waals surface area contributed by atoms with Gasteiger partial charge in [0, 0.05) is 11.4 Å². The molecule has 0 aromatic heterocycles. The first-order valence-electron chi connectivity index (χ1n) is 5.38. The maximum absolute atomic E-state index is 3.76. The lowest BCUT2D eigenvalue weighted by Crippen LogP contribution is -2.11. The van der Waals surface area contributed by atoms with Crippen molar-refractivity contribution in [3.63, 3.8) is 0 Å². The zero-order chi connectivity index (χ0) is 10.8. The van der Waals surface area contributed by atoms with E-state index in [9.17, 15) is 0 Å². The molecule has 1 heteroatoms. The SMILES string of the molecule is C=C/C=C(\C=C)NC1=CC2C(C)C2C=C1. The Labute approximate surface area is 91.6 Å². The average Bonchev–Trinajstić information content (AvgIpc) is 2.89. The average molecular weight is 199 g/mol. The van der Waals surface area contributed by atoms with Crippen LogP contribution in [0.25, 0.3) is 0 Å². The number of rotatable bonds is 4. The van der Waals surface area contributed by atoms with Crippen LogP contribution in [0.5, 0.6) is 0 Å². The van der Waals surface area contributed by atoms with Gasteiger partial charge in [0.25, 0.3) is 0 Å². The lowest BCUT2D eigenvalue weighted by atomic mass is 10.1. The molecule has 1 saturated carbocycles. The van der Waals surface area contributed by atoms with Gasteiger partial charge in [0.1, 0.15) is 0 Å². The Bertz CT molecular complexity index is 371. The van der Waals surface area contributed by atoms with Crippen LogP contribution >= 0.6 is 0 Å². The van der Waals surface area contributed by atoms with Crippen molar-refractivity contribution in [3.8, 4) is 0 Å². The van der Waals surface area contributed by atoms with Crippen LogP contribution in [0.4, 0.5) is 0 Å². The molecule has 0 heterocycles. The van der Waals surface area contributed by atoms with E-state index in [1.165, 1.54) is 5.70 Å². The lowest BCUT2D eigenvalue weighted by molar-refractivity contribution is 0.880. The fourth-order valence-electron chi connectivity index (χ4n) is 2.11. The third kappa shape index (κ3) is 1.96. The summed E-state index contributed by atoms with van der Waals surface area (Å²) in [4.78, 5) is 0. The third-order valence-electron chi connectivity index (χ3n) is 3.19. The van der Waals surface area contributed by atoms with E-state index in [0.29, 0.717) is 0 Å². The van der Waals surface area contributed by atoms with Crippen molar-refractivity contribution in [2.75, 3.05) is 0 Å². The Balaban J connectivity index is 2.04. The Morgan fingerprint density at radius 3 is 2.80 bits per heavy atom. The first-order chi connectivity index (χ1) is 7.26. The molecule has 0 amide bonds. The van der Waals surface area contributed by atoms with Gasteiger partial charge in [0.15, 0.2) is 0 Å². The summed E-state index contributed by atoms with van der Waals surface area (Å²) in [5.41, 5.74) is 2.17. The fraction of sp³-hybridized carbons (Fsp3) is 0.286.